The zero-order valence-corrected chi connectivity index (χ0v) is 17.6. The Labute approximate surface area is 182 Å². The molecule has 31 heavy (non-hydrogen) atoms. The average molecular weight is 411 g/mol. The maximum atomic E-state index is 13.4. The third kappa shape index (κ3) is 5.01. The molecule has 0 aliphatic heterocycles. The minimum Gasteiger partial charge on any atom is -0.338 e. The number of anilines is 3. The van der Waals surface area contributed by atoms with Crippen LogP contribution >= 0.6 is 0 Å². The SMILES string of the molecule is CCCn1c(Cc2ccccc2)nc(Nc2ccccc2)c1C(=O)Nc1ccccc1. The van der Waals surface area contributed by atoms with Gasteiger partial charge in [-0.25, -0.2) is 4.98 Å². The van der Waals surface area contributed by atoms with Crippen LogP contribution in [0.4, 0.5) is 17.2 Å². The Bertz CT molecular complexity index is 1120. The molecule has 0 unspecified atom stereocenters. The topological polar surface area (TPSA) is 59.0 Å². The third-order valence-electron chi connectivity index (χ3n) is 4.98. The molecule has 0 radical (unpaired) electrons. The molecular weight excluding hydrogens is 384 g/mol. The molecule has 2 N–H and O–H groups in total. The predicted octanol–water partition coefficient (Wildman–Crippen LogP) is 5.88. The lowest BCUT2D eigenvalue weighted by Gasteiger charge is -2.13. The smallest absolute Gasteiger partial charge is 0.276 e. The van der Waals surface area contributed by atoms with Crippen molar-refractivity contribution >= 4 is 23.1 Å². The maximum Gasteiger partial charge on any atom is 0.276 e. The average Bonchev–Trinajstić information content (AvgIpc) is 3.12. The fraction of sp³-hybridized carbons (Fsp3) is 0.154. The molecule has 0 fully saturated rings. The highest BCUT2D eigenvalue weighted by molar-refractivity contribution is 6.06. The minimum atomic E-state index is -0.176. The van der Waals surface area contributed by atoms with E-state index in [4.69, 9.17) is 4.98 Å². The lowest BCUT2D eigenvalue weighted by Crippen LogP contribution is -2.19. The van der Waals surface area contributed by atoms with Crippen molar-refractivity contribution in [3.8, 4) is 0 Å². The van der Waals surface area contributed by atoms with Crippen molar-refractivity contribution in [3.63, 3.8) is 0 Å². The van der Waals surface area contributed by atoms with Crippen LogP contribution in [0.3, 0.4) is 0 Å². The van der Waals surface area contributed by atoms with Gasteiger partial charge in [0.05, 0.1) is 0 Å². The summed E-state index contributed by atoms with van der Waals surface area (Å²) in [4.78, 5) is 18.2. The molecule has 1 heterocycles. The van der Waals surface area contributed by atoms with Crippen LogP contribution in [0.25, 0.3) is 0 Å². The van der Waals surface area contributed by atoms with E-state index in [0.29, 0.717) is 24.5 Å². The van der Waals surface area contributed by atoms with Crippen molar-refractivity contribution in [2.45, 2.75) is 26.3 Å². The number of rotatable bonds is 8. The number of aromatic nitrogens is 2. The number of hydrogen-bond donors (Lipinski definition) is 2. The van der Waals surface area contributed by atoms with Gasteiger partial charge in [-0.3, -0.25) is 4.79 Å². The van der Waals surface area contributed by atoms with Gasteiger partial charge in [0.1, 0.15) is 5.82 Å². The van der Waals surface area contributed by atoms with E-state index in [9.17, 15) is 4.79 Å². The number of nitrogens with zero attached hydrogens (tertiary/aromatic N) is 2. The summed E-state index contributed by atoms with van der Waals surface area (Å²) in [6, 6.07) is 29.5. The van der Waals surface area contributed by atoms with Crippen LogP contribution in [0.5, 0.6) is 0 Å². The first-order valence-corrected chi connectivity index (χ1v) is 10.6. The normalized spacial score (nSPS) is 10.6. The molecule has 0 aliphatic carbocycles. The third-order valence-corrected chi connectivity index (χ3v) is 4.98. The summed E-state index contributed by atoms with van der Waals surface area (Å²) in [6.45, 7) is 2.82. The molecule has 5 nitrogen and oxygen atoms in total. The number of carbonyl (C=O) groups excluding carboxylic acids is 1. The van der Waals surface area contributed by atoms with Crippen molar-refractivity contribution in [2.24, 2.45) is 0 Å². The maximum absolute atomic E-state index is 13.4. The number of nitrogens with one attached hydrogen (secondary N) is 2. The molecular formula is C26H26N4O. The summed E-state index contributed by atoms with van der Waals surface area (Å²) in [5.74, 6) is 1.26. The van der Waals surface area contributed by atoms with Gasteiger partial charge in [0.25, 0.3) is 5.91 Å². The molecule has 0 bridgehead atoms. The van der Waals surface area contributed by atoms with E-state index < -0.39 is 0 Å². The Hall–Kier alpha value is -3.86. The number of hydrogen-bond acceptors (Lipinski definition) is 3. The van der Waals surface area contributed by atoms with E-state index in [-0.39, 0.29) is 5.91 Å². The summed E-state index contributed by atoms with van der Waals surface area (Å²) in [6.07, 6.45) is 1.55. The van der Waals surface area contributed by atoms with Crippen molar-refractivity contribution < 1.29 is 4.79 Å². The molecule has 156 valence electrons. The van der Waals surface area contributed by atoms with Gasteiger partial charge in [-0.1, -0.05) is 73.7 Å². The molecule has 4 rings (SSSR count). The van der Waals surface area contributed by atoms with Crippen LogP contribution in [0.1, 0.15) is 35.2 Å². The fourth-order valence-corrected chi connectivity index (χ4v) is 3.56. The zero-order chi connectivity index (χ0) is 21.5. The summed E-state index contributed by atoms with van der Waals surface area (Å²) in [5, 5.41) is 6.37. The summed E-state index contributed by atoms with van der Waals surface area (Å²) >= 11 is 0. The predicted molar refractivity (Wildman–Crippen MR) is 126 cm³/mol. The highest BCUT2D eigenvalue weighted by atomic mass is 16.2. The molecule has 4 aromatic rings. The van der Waals surface area contributed by atoms with Crippen LogP contribution in [0, 0.1) is 0 Å². The van der Waals surface area contributed by atoms with Crippen LogP contribution in [-0.4, -0.2) is 15.5 Å². The molecule has 1 aromatic heterocycles. The second-order valence-electron chi connectivity index (χ2n) is 7.35. The first kappa shape index (κ1) is 20.4. The first-order chi connectivity index (χ1) is 15.2. The summed E-state index contributed by atoms with van der Waals surface area (Å²) < 4.78 is 2.04. The van der Waals surface area contributed by atoms with E-state index in [1.165, 1.54) is 0 Å². The van der Waals surface area contributed by atoms with Crippen molar-refractivity contribution in [1.82, 2.24) is 9.55 Å². The van der Waals surface area contributed by atoms with Gasteiger partial charge in [0.2, 0.25) is 0 Å². The highest BCUT2D eigenvalue weighted by Crippen LogP contribution is 2.25. The van der Waals surface area contributed by atoms with E-state index >= 15 is 0 Å². The Kier molecular flexibility index (Phi) is 6.43. The van der Waals surface area contributed by atoms with Crippen LogP contribution in [0.2, 0.25) is 0 Å². The first-order valence-electron chi connectivity index (χ1n) is 10.6. The zero-order valence-electron chi connectivity index (χ0n) is 17.6. The molecule has 0 atom stereocenters. The Morgan fingerprint density at radius 1 is 0.839 bits per heavy atom. The lowest BCUT2D eigenvalue weighted by molar-refractivity contribution is 0.101. The monoisotopic (exact) mass is 410 g/mol. The lowest BCUT2D eigenvalue weighted by atomic mass is 10.1. The quantitative estimate of drug-likeness (QED) is 0.381. The molecule has 0 saturated carbocycles. The van der Waals surface area contributed by atoms with Crippen molar-refractivity contribution in [1.29, 1.82) is 0 Å². The number of carbonyl (C=O) groups is 1. The fourth-order valence-electron chi connectivity index (χ4n) is 3.56. The molecule has 5 heteroatoms. The standard InChI is InChI=1S/C26H26N4O/c1-2-18-30-23(19-20-12-6-3-7-13-20)29-25(27-21-14-8-4-9-15-21)24(30)26(31)28-22-16-10-5-11-17-22/h3-17,27H,2,18-19H2,1H3,(H,28,31). The van der Waals surface area contributed by atoms with Gasteiger partial charge in [-0.05, 0) is 36.2 Å². The van der Waals surface area contributed by atoms with Crippen LogP contribution < -0.4 is 10.6 Å². The highest BCUT2D eigenvalue weighted by Gasteiger charge is 2.23. The molecule has 0 saturated heterocycles. The molecule has 0 spiro atoms. The number of para-hydroxylation sites is 2. The number of imidazole rings is 1. The van der Waals surface area contributed by atoms with Crippen LogP contribution in [0.15, 0.2) is 91.0 Å². The number of benzene rings is 3. The Morgan fingerprint density at radius 2 is 1.42 bits per heavy atom. The summed E-state index contributed by atoms with van der Waals surface area (Å²) in [5.41, 5.74) is 3.35. The summed E-state index contributed by atoms with van der Waals surface area (Å²) in [7, 11) is 0. The van der Waals surface area contributed by atoms with Gasteiger partial charge in [0, 0.05) is 24.3 Å². The molecule has 3 aromatic carbocycles. The van der Waals surface area contributed by atoms with Gasteiger partial charge in [-0.15, -0.1) is 0 Å². The second-order valence-corrected chi connectivity index (χ2v) is 7.35. The number of amides is 1. The Morgan fingerprint density at radius 3 is 2.03 bits per heavy atom. The van der Waals surface area contributed by atoms with E-state index in [0.717, 1.165) is 29.2 Å². The van der Waals surface area contributed by atoms with Gasteiger partial charge >= 0.3 is 0 Å². The largest absolute Gasteiger partial charge is 0.338 e. The van der Waals surface area contributed by atoms with E-state index in [2.05, 4.69) is 29.7 Å². The van der Waals surface area contributed by atoms with Crippen molar-refractivity contribution in [3.05, 3.63) is 108 Å². The Balaban J connectivity index is 1.75. The molecule has 0 aliphatic rings. The van der Waals surface area contributed by atoms with Gasteiger partial charge < -0.3 is 15.2 Å². The second kappa shape index (κ2) is 9.76. The minimum absolute atomic E-state index is 0.176. The van der Waals surface area contributed by atoms with Crippen molar-refractivity contribution in [2.75, 3.05) is 10.6 Å². The van der Waals surface area contributed by atoms with E-state index in [1.54, 1.807) is 0 Å². The molecule has 1 amide bonds. The van der Waals surface area contributed by atoms with Gasteiger partial charge in [0.15, 0.2) is 11.5 Å². The van der Waals surface area contributed by atoms with Crippen LogP contribution in [-0.2, 0) is 13.0 Å². The van der Waals surface area contributed by atoms with E-state index in [1.807, 2.05) is 83.4 Å². The van der Waals surface area contributed by atoms with Gasteiger partial charge in [-0.2, -0.15) is 0 Å².